The summed E-state index contributed by atoms with van der Waals surface area (Å²) in [5.41, 5.74) is 4.10. The van der Waals surface area contributed by atoms with E-state index < -0.39 is 5.60 Å². The Morgan fingerprint density at radius 3 is 2.61 bits per heavy atom. The summed E-state index contributed by atoms with van der Waals surface area (Å²) in [6.45, 7) is 3.87. The van der Waals surface area contributed by atoms with Crippen molar-refractivity contribution in [2.75, 3.05) is 5.32 Å². The number of fused-ring (bicyclic) bond motifs is 1. The van der Waals surface area contributed by atoms with E-state index in [1.54, 1.807) is 6.07 Å². The van der Waals surface area contributed by atoms with Gasteiger partial charge in [-0.25, -0.2) is 0 Å². The van der Waals surface area contributed by atoms with Gasteiger partial charge in [-0.2, -0.15) is 0 Å². The summed E-state index contributed by atoms with van der Waals surface area (Å²) >= 11 is 0. The van der Waals surface area contributed by atoms with Gasteiger partial charge in [0.25, 0.3) is 0 Å². The van der Waals surface area contributed by atoms with E-state index in [4.69, 9.17) is 0 Å². The van der Waals surface area contributed by atoms with Crippen LogP contribution in [0.5, 0.6) is 5.75 Å². The number of phenols is 1. The highest BCUT2D eigenvalue weighted by atomic mass is 16.3. The number of hydrogen-bond donors (Lipinski definition) is 3. The number of phenolic OH excluding ortho intramolecular Hbond substituents is 1. The van der Waals surface area contributed by atoms with Gasteiger partial charge in [0.15, 0.2) is 5.82 Å². The monoisotopic (exact) mass is 377 g/mol. The third-order valence-corrected chi connectivity index (χ3v) is 5.67. The highest BCUT2D eigenvalue weighted by molar-refractivity contribution is 5.73. The summed E-state index contributed by atoms with van der Waals surface area (Å²) in [7, 11) is 0. The molecule has 28 heavy (non-hydrogen) atoms. The van der Waals surface area contributed by atoms with E-state index in [-0.39, 0.29) is 11.8 Å². The minimum absolute atomic E-state index is 0.195. The lowest BCUT2D eigenvalue weighted by molar-refractivity contribution is -0.0235. The molecule has 4 rings (SSSR count). The molecule has 1 aromatic heterocycles. The van der Waals surface area contributed by atoms with E-state index >= 15 is 0 Å². The molecule has 0 aliphatic heterocycles. The molecule has 0 amide bonds. The van der Waals surface area contributed by atoms with Crippen LogP contribution in [0.2, 0.25) is 0 Å². The average molecular weight is 377 g/mol. The van der Waals surface area contributed by atoms with Crippen LogP contribution in [0.1, 0.15) is 62.6 Å². The molecular formula is C23H27N3O2. The van der Waals surface area contributed by atoms with Gasteiger partial charge < -0.3 is 15.5 Å². The Bertz CT molecular complexity index is 948. The normalized spacial score (nSPS) is 23.2. The first-order valence-corrected chi connectivity index (χ1v) is 10.2. The summed E-state index contributed by atoms with van der Waals surface area (Å²) in [5.74, 6) is 7.11. The van der Waals surface area contributed by atoms with Crippen LogP contribution < -0.4 is 5.32 Å². The average Bonchev–Trinajstić information content (AvgIpc) is 2.66. The van der Waals surface area contributed by atoms with Gasteiger partial charge in [0.2, 0.25) is 0 Å². The zero-order valence-corrected chi connectivity index (χ0v) is 16.5. The molecule has 0 spiro atoms. The maximum atomic E-state index is 10.6. The molecule has 3 N–H and O–H groups in total. The Morgan fingerprint density at radius 1 is 1.18 bits per heavy atom. The lowest BCUT2D eigenvalue weighted by Gasteiger charge is -2.41. The van der Waals surface area contributed by atoms with Gasteiger partial charge in [-0.05, 0) is 69.2 Å². The third kappa shape index (κ3) is 3.70. The maximum Gasteiger partial charge on any atom is 0.152 e. The smallest absolute Gasteiger partial charge is 0.152 e. The fourth-order valence-electron chi connectivity index (χ4n) is 4.28. The van der Waals surface area contributed by atoms with Crippen molar-refractivity contribution < 1.29 is 10.2 Å². The first-order chi connectivity index (χ1) is 13.5. The molecule has 0 saturated heterocycles. The van der Waals surface area contributed by atoms with E-state index in [1.165, 1.54) is 11.1 Å². The Kier molecular flexibility index (Phi) is 4.99. The molecule has 1 fully saturated rings. The molecular weight excluding hydrogens is 350 g/mol. The fourth-order valence-corrected chi connectivity index (χ4v) is 4.28. The topological polar surface area (TPSA) is 78.3 Å². The lowest BCUT2D eigenvalue weighted by atomic mass is 9.77. The number of hydrogen-bond acceptors (Lipinski definition) is 5. The summed E-state index contributed by atoms with van der Waals surface area (Å²) in [4.78, 5) is 0. The van der Waals surface area contributed by atoms with E-state index in [0.29, 0.717) is 5.56 Å². The van der Waals surface area contributed by atoms with Gasteiger partial charge in [-0.3, -0.25) is 0 Å². The summed E-state index contributed by atoms with van der Waals surface area (Å²) in [6.07, 6.45) is 6.39. The standard InChI is InChI=1S/C23H27N3O2/c1-3-4-7-15-10-11-19(20(27)12-15)21-17-8-5-6-9-18(17)22(26-25-21)24-16-13-23(2,28)14-16/h10-12,16,27-28H,3,5-6,8-9,13-14H2,1-2H3,(H,24,26). The molecule has 2 aliphatic carbocycles. The van der Waals surface area contributed by atoms with Gasteiger partial charge >= 0.3 is 0 Å². The summed E-state index contributed by atoms with van der Waals surface area (Å²) in [6, 6.07) is 5.77. The first kappa shape index (κ1) is 18.8. The third-order valence-electron chi connectivity index (χ3n) is 5.67. The molecule has 1 saturated carbocycles. The second kappa shape index (κ2) is 7.44. The zero-order valence-electron chi connectivity index (χ0n) is 16.5. The van der Waals surface area contributed by atoms with E-state index in [9.17, 15) is 10.2 Å². The molecule has 5 heteroatoms. The number of aromatic nitrogens is 2. The number of anilines is 1. The minimum Gasteiger partial charge on any atom is -0.507 e. The van der Waals surface area contributed by atoms with Crippen LogP contribution in [0, 0.1) is 11.8 Å². The van der Waals surface area contributed by atoms with Crippen LogP contribution in [0.15, 0.2) is 18.2 Å². The first-order valence-electron chi connectivity index (χ1n) is 10.2. The van der Waals surface area contributed by atoms with Crippen LogP contribution in [0.3, 0.4) is 0 Å². The Balaban J connectivity index is 1.67. The van der Waals surface area contributed by atoms with Gasteiger partial charge in [0, 0.05) is 29.2 Å². The lowest BCUT2D eigenvalue weighted by Crippen LogP contribution is -2.48. The number of nitrogens with one attached hydrogen (secondary N) is 1. The van der Waals surface area contributed by atoms with Crippen molar-refractivity contribution in [3.63, 3.8) is 0 Å². The van der Waals surface area contributed by atoms with E-state index in [2.05, 4.69) is 27.4 Å². The number of nitrogens with zero attached hydrogens (tertiary/aromatic N) is 2. The fraction of sp³-hybridized carbons (Fsp3) is 0.478. The maximum absolute atomic E-state index is 10.6. The molecule has 2 aromatic rings. The van der Waals surface area contributed by atoms with E-state index in [0.717, 1.165) is 62.0 Å². The molecule has 0 bridgehead atoms. The molecule has 0 atom stereocenters. The highest BCUT2D eigenvalue weighted by Gasteiger charge is 2.39. The largest absolute Gasteiger partial charge is 0.507 e. The zero-order chi connectivity index (χ0) is 19.7. The number of benzene rings is 1. The van der Waals surface area contributed by atoms with Crippen molar-refractivity contribution in [3.05, 3.63) is 34.9 Å². The molecule has 5 nitrogen and oxygen atoms in total. The second-order valence-corrected chi connectivity index (χ2v) is 8.20. The molecule has 0 unspecified atom stereocenters. The molecule has 2 aliphatic rings. The molecule has 1 aromatic carbocycles. The Hall–Kier alpha value is -2.58. The van der Waals surface area contributed by atoms with Gasteiger partial charge in [-0.15, -0.1) is 10.2 Å². The van der Waals surface area contributed by atoms with Crippen molar-refractivity contribution in [3.8, 4) is 28.8 Å². The SMILES string of the molecule is CCC#Cc1ccc(-c2nnc(NC3CC(C)(O)C3)c3c2CCCC3)c(O)c1. The molecule has 146 valence electrons. The van der Waals surface area contributed by atoms with Gasteiger partial charge in [0.05, 0.1) is 5.60 Å². The van der Waals surface area contributed by atoms with Crippen molar-refractivity contribution >= 4 is 5.82 Å². The van der Waals surface area contributed by atoms with Gasteiger partial charge in [0.1, 0.15) is 11.4 Å². The Morgan fingerprint density at radius 2 is 1.93 bits per heavy atom. The Labute approximate surface area is 166 Å². The van der Waals surface area contributed by atoms with Crippen molar-refractivity contribution in [1.82, 2.24) is 10.2 Å². The predicted octanol–water partition coefficient (Wildman–Crippen LogP) is 3.81. The van der Waals surface area contributed by atoms with E-state index in [1.807, 2.05) is 26.0 Å². The molecule has 0 radical (unpaired) electrons. The van der Waals surface area contributed by atoms with Crippen molar-refractivity contribution in [2.45, 2.75) is 70.4 Å². The van der Waals surface area contributed by atoms with Crippen LogP contribution in [-0.4, -0.2) is 32.1 Å². The van der Waals surface area contributed by atoms with Crippen molar-refractivity contribution in [1.29, 1.82) is 0 Å². The highest BCUT2D eigenvalue weighted by Crippen LogP contribution is 2.39. The van der Waals surface area contributed by atoms with Gasteiger partial charge in [-0.1, -0.05) is 18.8 Å². The summed E-state index contributed by atoms with van der Waals surface area (Å²) in [5, 5.41) is 33.0. The summed E-state index contributed by atoms with van der Waals surface area (Å²) < 4.78 is 0. The number of aromatic hydroxyl groups is 1. The predicted molar refractivity (Wildman–Crippen MR) is 110 cm³/mol. The quantitative estimate of drug-likeness (QED) is 0.709. The second-order valence-electron chi connectivity index (χ2n) is 8.20. The van der Waals surface area contributed by atoms with Crippen molar-refractivity contribution in [2.24, 2.45) is 0 Å². The van der Waals surface area contributed by atoms with Crippen LogP contribution in [-0.2, 0) is 12.8 Å². The number of aliphatic hydroxyl groups is 1. The molecule has 1 heterocycles. The van der Waals surface area contributed by atoms with Crippen LogP contribution in [0.25, 0.3) is 11.3 Å². The number of rotatable bonds is 3. The minimum atomic E-state index is -0.570. The van der Waals surface area contributed by atoms with Crippen LogP contribution >= 0.6 is 0 Å². The van der Waals surface area contributed by atoms with Crippen LogP contribution in [0.4, 0.5) is 5.82 Å².